The molecule has 0 aliphatic carbocycles. The van der Waals surface area contributed by atoms with Crippen molar-refractivity contribution in [3.05, 3.63) is 24.3 Å². The van der Waals surface area contributed by atoms with Crippen LogP contribution in [-0.4, -0.2) is 40.8 Å². The van der Waals surface area contributed by atoms with Gasteiger partial charge in [-0.3, -0.25) is 4.90 Å². The van der Waals surface area contributed by atoms with Crippen LogP contribution in [0.15, 0.2) is 27.2 Å². The zero-order chi connectivity index (χ0) is 13.1. The number of hydrogen-bond donors (Lipinski definition) is 1. The van der Waals surface area contributed by atoms with Crippen LogP contribution in [0.1, 0.15) is 5.89 Å². The van der Waals surface area contributed by atoms with E-state index in [2.05, 4.69) is 21.6 Å². The average molecular weight is 259 g/mol. The number of hydrogen-bond acceptors (Lipinski definition) is 7. The molecule has 1 aliphatic heterocycles. The highest BCUT2D eigenvalue weighted by atomic mass is 16.4. The average Bonchev–Trinajstić information content (AvgIpc) is 3.09. The number of furan rings is 1. The SMILES string of the molecule is N#CC1CNCCN1Cc1nnc(-c2ccco2)o1. The molecule has 0 spiro atoms. The van der Waals surface area contributed by atoms with Gasteiger partial charge in [0.05, 0.1) is 18.9 Å². The van der Waals surface area contributed by atoms with E-state index in [1.165, 1.54) is 0 Å². The summed E-state index contributed by atoms with van der Waals surface area (Å²) >= 11 is 0. The number of rotatable bonds is 3. The third-order valence-corrected chi connectivity index (χ3v) is 3.04. The van der Waals surface area contributed by atoms with E-state index >= 15 is 0 Å². The molecule has 1 unspecified atom stereocenters. The fourth-order valence-corrected chi connectivity index (χ4v) is 2.05. The standard InChI is InChI=1S/C12H13N5O2/c13-6-9-7-14-3-4-17(9)8-11-15-16-12(19-11)10-2-1-5-18-10/h1-2,5,9,14H,3-4,7-8H2. The van der Waals surface area contributed by atoms with Gasteiger partial charge in [0.2, 0.25) is 5.89 Å². The summed E-state index contributed by atoms with van der Waals surface area (Å²) in [5.41, 5.74) is 0. The summed E-state index contributed by atoms with van der Waals surface area (Å²) in [7, 11) is 0. The minimum atomic E-state index is -0.160. The zero-order valence-electron chi connectivity index (χ0n) is 10.2. The Balaban J connectivity index is 1.72. The summed E-state index contributed by atoms with van der Waals surface area (Å²) in [6.07, 6.45) is 1.56. The van der Waals surface area contributed by atoms with Gasteiger partial charge in [-0.1, -0.05) is 0 Å². The molecular formula is C12H13N5O2. The van der Waals surface area contributed by atoms with E-state index in [1.54, 1.807) is 18.4 Å². The Hall–Kier alpha value is -2.17. The van der Waals surface area contributed by atoms with Crippen molar-refractivity contribution in [2.45, 2.75) is 12.6 Å². The fourth-order valence-electron chi connectivity index (χ4n) is 2.05. The topological polar surface area (TPSA) is 91.1 Å². The fraction of sp³-hybridized carbons (Fsp3) is 0.417. The predicted molar refractivity (Wildman–Crippen MR) is 64.7 cm³/mol. The van der Waals surface area contributed by atoms with Gasteiger partial charge in [-0.2, -0.15) is 5.26 Å². The van der Waals surface area contributed by atoms with Crippen LogP contribution >= 0.6 is 0 Å². The van der Waals surface area contributed by atoms with E-state index in [4.69, 9.17) is 14.1 Å². The largest absolute Gasteiger partial charge is 0.459 e. The van der Waals surface area contributed by atoms with Crippen LogP contribution in [0, 0.1) is 11.3 Å². The van der Waals surface area contributed by atoms with Crippen molar-refractivity contribution in [1.82, 2.24) is 20.4 Å². The Morgan fingerprint density at radius 2 is 2.47 bits per heavy atom. The molecule has 0 aromatic carbocycles. The highest BCUT2D eigenvalue weighted by molar-refractivity contribution is 5.42. The number of nitriles is 1. The van der Waals surface area contributed by atoms with Crippen molar-refractivity contribution in [2.24, 2.45) is 0 Å². The second-order valence-electron chi connectivity index (χ2n) is 4.30. The molecule has 98 valence electrons. The molecule has 1 aliphatic rings. The molecule has 0 bridgehead atoms. The highest BCUT2D eigenvalue weighted by Crippen LogP contribution is 2.19. The second-order valence-corrected chi connectivity index (χ2v) is 4.30. The second kappa shape index (κ2) is 5.22. The quantitative estimate of drug-likeness (QED) is 0.864. The highest BCUT2D eigenvalue weighted by Gasteiger charge is 2.24. The number of nitrogens with one attached hydrogen (secondary N) is 1. The molecule has 0 amide bonds. The minimum Gasteiger partial charge on any atom is -0.459 e. The first-order valence-corrected chi connectivity index (χ1v) is 6.07. The summed E-state index contributed by atoms with van der Waals surface area (Å²) in [6, 6.07) is 5.63. The molecule has 2 aromatic rings. The lowest BCUT2D eigenvalue weighted by Gasteiger charge is -2.30. The third kappa shape index (κ3) is 2.50. The van der Waals surface area contributed by atoms with Crippen molar-refractivity contribution in [3.8, 4) is 17.7 Å². The van der Waals surface area contributed by atoms with Crippen molar-refractivity contribution in [3.63, 3.8) is 0 Å². The maximum absolute atomic E-state index is 9.08. The van der Waals surface area contributed by atoms with Gasteiger partial charge in [-0.15, -0.1) is 10.2 Å². The molecule has 3 heterocycles. The number of aromatic nitrogens is 2. The molecule has 19 heavy (non-hydrogen) atoms. The van der Waals surface area contributed by atoms with Crippen molar-refractivity contribution < 1.29 is 8.83 Å². The van der Waals surface area contributed by atoms with Gasteiger partial charge in [0.1, 0.15) is 6.04 Å². The Morgan fingerprint density at radius 3 is 3.26 bits per heavy atom. The summed E-state index contributed by atoms with van der Waals surface area (Å²) in [5.74, 6) is 1.41. The lowest BCUT2D eigenvalue weighted by molar-refractivity contribution is 0.173. The van der Waals surface area contributed by atoms with Gasteiger partial charge in [-0.05, 0) is 12.1 Å². The summed E-state index contributed by atoms with van der Waals surface area (Å²) in [5, 5.41) is 20.2. The monoisotopic (exact) mass is 259 g/mol. The Bertz CT molecular complexity index is 571. The molecule has 1 fully saturated rings. The maximum atomic E-state index is 9.08. The van der Waals surface area contributed by atoms with E-state index in [1.807, 2.05) is 4.90 Å². The van der Waals surface area contributed by atoms with Gasteiger partial charge >= 0.3 is 0 Å². The van der Waals surface area contributed by atoms with Crippen LogP contribution in [0.5, 0.6) is 0 Å². The van der Waals surface area contributed by atoms with Crippen LogP contribution < -0.4 is 5.32 Å². The first-order valence-electron chi connectivity index (χ1n) is 6.07. The summed E-state index contributed by atoms with van der Waals surface area (Å²) < 4.78 is 10.7. The molecular weight excluding hydrogens is 246 g/mol. The van der Waals surface area contributed by atoms with Gasteiger partial charge in [-0.25, -0.2) is 0 Å². The van der Waals surface area contributed by atoms with Crippen LogP contribution in [0.3, 0.4) is 0 Å². The van der Waals surface area contributed by atoms with E-state index < -0.39 is 0 Å². The molecule has 3 rings (SSSR count). The van der Waals surface area contributed by atoms with E-state index in [0.717, 1.165) is 13.1 Å². The van der Waals surface area contributed by atoms with Gasteiger partial charge in [0.15, 0.2) is 5.76 Å². The lowest BCUT2D eigenvalue weighted by atomic mass is 10.2. The molecule has 0 saturated carbocycles. The molecule has 1 saturated heterocycles. The zero-order valence-corrected chi connectivity index (χ0v) is 10.2. The first-order chi connectivity index (χ1) is 9.36. The van der Waals surface area contributed by atoms with Gasteiger partial charge in [0, 0.05) is 19.6 Å². The van der Waals surface area contributed by atoms with E-state index in [0.29, 0.717) is 30.6 Å². The van der Waals surface area contributed by atoms with Crippen molar-refractivity contribution in [1.29, 1.82) is 5.26 Å². The van der Waals surface area contributed by atoms with Gasteiger partial charge in [0.25, 0.3) is 5.89 Å². The number of nitrogens with zero attached hydrogens (tertiary/aromatic N) is 4. The Kier molecular flexibility index (Phi) is 3.27. The third-order valence-electron chi connectivity index (χ3n) is 3.04. The Labute approximate surface area is 109 Å². The van der Waals surface area contributed by atoms with E-state index in [9.17, 15) is 0 Å². The van der Waals surface area contributed by atoms with Crippen LogP contribution in [0.4, 0.5) is 0 Å². The van der Waals surface area contributed by atoms with E-state index in [-0.39, 0.29) is 6.04 Å². The molecule has 1 atom stereocenters. The minimum absolute atomic E-state index is 0.160. The molecule has 7 heteroatoms. The first kappa shape index (κ1) is 11.9. The van der Waals surface area contributed by atoms with Crippen LogP contribution in [0.2, 0.25) is 0 Å². The molecule has 0 radical (unpaired) electrons. The summed E-state index contributed by atoms with van der Waals surface area (Å²) in [4.78, 5) is 2.02. The van der Waals surface area contributed by atoms with Crippen LogP contribution in [-0.2, 0) is 6.54 Å². The van der Waals surface area contributed by atoms with Gasteiger partial charge < -0.3 is 14.2 Å². The van der Waals surface area contributed by atoms with Crippen LogP contribution in [0.25, 0.3) is 11.7 Å². The molecule has 7 nitrogen and oxygen atoms in total. The molecule has 2 aromatic heterocycles. The summed E-state index contributed by atoms with van der Waals surface area (Å²) in [6.45, 7) is 2.79. The predicted octanol–water partition coefficient (Wildman–Crippen LogP) is 0.627. The smallest absolute Gasteiger partial charge is 0.283 e. The maximum Gasteiger partial charge on any atom is 0.283 e. The van der Waals surface area contributed by atoms with Crippen molar-refractivity contribution in [2.75, 3.05) is 19.6 Å². The normalized spacial score (nSPS) is 20.3. The number of piperazine rings is 1. The lowest BCUT2D eigenvalue weighted by Crippen LogP contribution is -2.50. The Morgan fingerprint density at radius 1 is 1.53 bits per heavy atom. The van der Waals surface area contributed by atoms with Crippen molar-refractivity contribution >= 4 is 0 Å². The molecule has 1 N–H and O–H groups in total.